The maximum atomic E-state index is 5.47. The Balaban J connectivity index is 2.19. The molecule has 0 saturated heterocycles. The van der Waals surface area contributed by atoms with Crippen molar-refractivity contribution >= 4 is 11.6 Å². The van der Waals surface area contributed by atoms with Crippen LogP contribution in [0.4, 0.5) is 11.6 Å². The first-order chi connectivity index (χ1) is 9.48. The van der Waals surface area contributed by atoms with Gasteiger partial charge in [0.05, 0.1) is 7.11 Å². The van der Waals surface area contributed by atoms with Crippen molar-refractivity contribution in [2.24, 2.45) is 11.3 Å². The average Bonchev–Trinajstić information content (AvgIpc) is 2.45. The van der Waals surface area contributed by atoms with Gasteiger partial charge in [-0.25, -0.2) is 15.8 Å². The number of nitrogens with one attached hydrogen (secondary N) is 1. The average molecular weight is 279 g/mol. The minimum Gasteiger partial charge on any atom is -0.490 e. The highest BCUT2D eigenvalue weighted by atomic mass is 16.5. The molecule has 0 spiro atoms. The van der Waals surface area contributed by atoms with E-state index in [0.29, 0.717) is 23.0 Å². The molecule has 1 aliphatic carbocycles. The van der Waals surface area contributed by atoms with E-state index < -0.39 is 0 Å². The summed E-state index contributed by atoms with van der Waals surface area (Å²) < 4.78 is 5.41. The summed E-state index contributed by atoms with van der Waals surface area (Å²) in [7, 11) is 3.68. The lowest BCUT2D eigenvalue weighted by atomic mass is 9.75. The van der Waals surface area contributed by atoms with Gasteiger partial charge < -0.3 is 15.1 Å². The molecule has 0 aromatic carbocycles. The molecule has 112 valence electrons. The molecule has 0 aliphatic heterocycles. The molecule has 0 bridgehead atoms. The Morgan fingerprint density at radius 2 is 2.00 bits per heavy atom. The number of nitrogen functional groups attached to an aromatic ring is 1. The van der Waals surface area contributed by atoms with E-state index in [-0.39, 0.29) is 0 Å². The number of hydrogen-bond acceptors (Lipinski definition) is 6. The van der Waals surface area contributed by atoms with Gasteiger partial charge in [-0.3, -0.25) is 0 Å². The summed E-state index contributed by atoms with van der Waals surface area (Å²) in [5.74, 6) is 7.38. The van der Waals surface area contributed by atoms with Crippen LogP contribution < -0.4 is 20.9 Å². The molecule has 1 aromatic rings. The second kappa shape index (κ2) is 5.83. The Labute approximate surface area is 120 Å². The first-order valence-corrected chi connectivity index (χ1v) is 7.07. The van der Waals surface area contributed by atoms with E-state index in [1.807, 2.05) is 0 Å². The Morgan fingerprint density at radius 3 is 2.55 bits per heavy atom. The zero-order valence-corrected chi connectivity index (χ0v) is 12.8. The van der Waals surface area contributed by atoms with E-state index in [4.69, 9.17) is 10.6 Å². The van der Waals surface area contributed by atoms with Gasteiger partial charge in [0.1, 0.15) is 6.33 Å². The number of nitrogens with zero attached hydrogens (tertiary/aromatic N) is 3. The lowest BCUT2D eigenvalue weighted by Gasteiger charge is -2.39. The number of hydrazine groups is 1. The largest absolute Gasteiger partial charge is 0.490 e. The molecule has 0 atom stereocenters. The maximum Gasteiger partial charge on any atom is 0.205 e. The number of anilines is 2. The van der Waals surface area contributed by atoms with Crippen LogP contribution in [0.5, 0.6) is 5.75 Å². The molecule has 1 heterocycles. The fourth-order valence-corrected chi connectivity index (χ4v) is 2.85. The quantitative estimate of drug-likeness (QED) is 0.650. The lowest BCUT2D eigenvalue weighted by Crippen LogP contribution is -2.38. The molecule has 6 nitrogen and oxygen atoms in total. The summed E-state index contributed by atoms with van der Waals surface area (Å²) in [6.45, 7) is 4.68. The van der Waals surface area contributed by atoms with Crippen LogP contribution >= 0.6 is 0 Å². The van der Waals surface area contributed by atoms with Crippen LogP contribution in [0.15, 0.2) is 6.33 Å². The molecule has 1 fully saturated rings. The lowest BCUT2D eigenvalue weighted by molar-refractivity contribution is 0.222. The van der Waals surface area contributed by atoms with Gasteiger partial charge in [-0.1, -0.05) is 13.8 Å². The van der Waals surface area contributed by atoms with Gasteiger partial charge in [-0.05, 0) is 31.1 Å². The van der Waals surface area contributed by atoms with Crippen LogP contribution in [0, 0.1) is 5.41 Å². The highest BCUT2D eigenvalue weighted by molar-refractivity contribution is 5.64. The van der Waals surface area contributed by atoms with Crippen LogP contribution in [0.25, 0.3) is 0 Å². The predicted octanol–water partition coefficient (Wildman–Crippen LogP) is 2.18. The predicted molar refractivity (Wildman–Crippen MR) is 80.8 cm³/mol. The first-order valence-electron chi connectivity index (χ1n) is 7.07. The zero-order valence-electron chi connectivity index (χ0n) is 12.8. The van der Waals surface area contributed by atoms with Crippen molar-refractivity contribution in [3.63, 3.8) is 0 Å². The Bertz CT molecular complexity index is 453. The van der Waals surface area contributed by atoms with Gasteiger partial charge >= 0.3 is 0 Å². The smallest absolute Gasteiger partial charge is 0.205 e. The third-order valence-corrected chi connectivity index (χ3v) is 4.32. The zero-order chi connectivity index (χ0) is 14.8. The van der Waals surface area contributed by atoms with Crippen molar-refractivity contribution in [2.75, 3.05) is 24.5 Å². The number of nitrogens with two attached hydrogens (primary N) is 1. The van der Waals surface area contributed by atoms with Crippen LogP contribution in [-0.2, 0) is 0 Å². The highest BCUT2D eigenvalue weighted by Gasteiger charge is 2.30. The number of rotatable bonds is 4. The monoisotopic (exact) mass is 279 g/mol. The summed E-state index contributed by atoms with van der Waals surface area (Å²) in [6.07, 6.45) is 6.31. The fourth-order valence-electron chi connectivity index (χ4n) is 2.85. The molecule has 3 N–H and O–H groups in total. The Hall–Kier alpha value is -1.56. The summed E-state index contributed by atoms with van der Waals surface area (Å²) in [6, 6.07) is 0.484. The minimum atomic E-state index is 0.455. The maximum absolute atomic E-state index is 5.47. The third-order valence-electron chi connectivity index (χ3n) is 4.32. The molecule has 20 heavy (non-hydrogen) atoms. The molecule has 2 rings (SSSR count). The summed E-state index contributed by atoms with van der Waals surface area (Å²) in [5, 5.41) is 0. The summed E-state index contributed by atoms with van der Waals surface area (Å²) in [4.78, 5) is 10.6. The van der Waals surface area contributed by atoms with Gasteiger partial charge in [0, 0.05) is 13.1 Å². The standard InChI is InChI=1S/C14H25N5O/c1-14(2)7-5-10(6-8-14)19(3)13-11(20-4)12(18-15)16-9-17-13/h9-10H,5-8,15H2,1-4H3,(H,16,17,18). The van der Waals surface area contributed by atoms with Gasteiger partial charge in [-0.15, -0.1) is 0 Å². The van der Waals surface area contributed by atoms with Crippen LogP contribution in [0.2, 0.25) is 0 Å². The van der Waals surface area contributed by atoms with Crippen molar-refractivity contribution in [3.8, 4) is 5.75 Å². The number of methoxy groups -OCH3 is 1. The molecular weight excluding hydrogens is 254 g/mol. The molecule has 0 radical (unpaired) electrons. The first kappa shape index (κ1) is 14.8. The second-order valence-corrected chi connectivity index (χ2v) is 6.23. The van der Waals surface area contributed by atoms with Gasteiger partial charge in [0.25, 0.3) is 0 Å². The number of aromatic nitrogens is 2. The normalized spacial score (nSPS) is 18.6. The van der Waals surface area contributed by atoms with E-state index >= 15 is 0 Å². The van der Waals surface area contributed by atoms with E-state index in [0.717, 1.165) is 5.82 Å². The van der Waals surface area contributed by atoms with Crippen molar-refractivity contribution in [1.82, 2.24) is 9.97 Å². The Kier molecular flexibility index (Phi) is 4.32. The molecule has 0 amide bonds. The van der Waals surface area contributed by atoms with Gasteiger partial charge in [0.15, 0.2) is 11.6 Å². The van der Waals surface area contributed by atoms with Gasteiger partial charge in [0.2, 0.25) is 5.75 Å². The minimum absolute atomic E-state index is 0.455. The van der Waals surface area contributed by atoms with E-state index in [1.165, 1.54) is 32.0 Å². The van der Waals surface area contributed by atoms with Crippen molar-refractivity contribution < 1.29 is 4.74 Å². The van der Waals surface area contributed by atoms with E-state index in [2.05, 4.69) is 41.2 Å². The second-order valence-electron chi connectivity index (χ2n) is 6.23. The number of ether oxygens (including phenoxy) is 1. The van der Waals surface area contributed by atoms with Crippen LogP contribution in [0.1, 0.15) is 39.5 Å². The van der Waals surface area contributed by atoms with Gasteiger partial charge in [-0.2, -0.15) is 0 Å². The highest BCUT2D eigenvalue weighted by Crippen LogP contribution is 2.39. The molecular formula is C14H25N5O. The molecule has 1 aromatic heterocycles. The van der Waals surface area contributed by atoms with Crippen molar-refractivity contribution in [1.29, 1.82) is 0 Å². The molecule has 1 aliphatic rings. The Morgan fingerprint density at radius 1 is 1.35 bits per heavy atom. The van der Waals surface area contributed by atoms with Crippen LogP contribution in [0.3, 0.4) is 0 Å². The topological polar surface area (TPSA) is 76.3 Å². The number of hydrogen-bond donors (Lipinski definition) is 2. The van der Waals surface area contributed by atoms with E-state index in [9.17, 15) is 0 Å². The molecule has 1 saturated carbocycles. The SMILES string of the molecule is COc1c(NN)ncnc1N(C)C1CCC(C)(C)CC1. The fraction of sp³-hybridized carbons (Fsp3) is 0.714. The van der Waals surface area contributed by atoms with E-state index in [1.54, 1.807) is 7.11 Å². The molecule has 6 heteroatoms. The summed E-state index contributed by atoms with van der Waals surface area (Å²) >= 11 is 0. The third kappa shape index (κ3) is 2.95. The van der Waals surface area contributed by atoms with Crippen molar-refractivity contribution in [3.05, 3.63) is 6.33 Å². The summed E-state index contributed by atoms with van der Waals surface area (Å²) in [5.41, 5.74) is 3.01. The van der Waals surface area contributed by atoms with Crippen molar-refractivity contribution in [2.45, 2.75) is 45.6 Å². The molecule has 0 unspecified atom stereocenters. The van der Waals surface area contributed by atoms with Crippen LogP contribution in [-0.4, -0.2) is 30.2 Å².